The first-order chi connectivity index (χ1) is 8.85. The van der Waals surface area contributed by atoms with Crippen LogP contribution in [0.1, 0.15) is 30.1 Å². The highest BCUT2D eigenvalue weighted by Crippen LogP contribution is 2.15. The van der Waals surface area contributed by atoms with E-state index in [1.807, 2.05) is 0 Å². The average Bonchev–Trinajstić information content (AvgIpc) is 2.25. The third-order valence-electron chi connectivity index (χ3n) is 2.51. The topological polar surface area (TPSA) is 55.1 Å². The van der Waals surface area contributed by atoms with Gasteiger partial charge in [-0.25, -0.2) is 13.2 Å². The first-order valence-electron chi connectivity index (χ1n) is 5.58. The number of halogens is 3. The van der Waals surface area contributed by atoms with Gasteiger partial charge in [0, 0.05) is 24.6 Å². The molecule has 0 spiro atoms. The number of carbonyl (C=O) groups is 1. The molecular formula is C12H13F3N2OS. The Morgan fingerprint density at radius 2 is 1.89 bits per heavy atom. The maximum atomic E-state index is 13.4. The summed E-state index contributed by atoms with van der Waals surface area (Å²) in [6, 6.07) is 0.479. The molecule has 0 aliphatic carbocycles. The molecule has 0 bridgehead atoms. The first-order valence-corrected chi connectivity index (χ1v) is 5.99. The van der Waals surface area contributed by atoms with Crippen molar-refractivity contribution in [1.82, 2.24) is 5.32 Å². The van der Waals surface area contributed by atoms with Crippen LogP contribution in [0.25, 0.3) is 0 Å². The molecule has 0 saturated carbocycles. The highest BCUT2D eigenvalue weighted by Gasteiger charge is 2.21. The van der Waals surface area contributed by atoms with Gasteiger partial charge < -0.3 is 11.1 Å². The Labute approximate surface area is 114 Å². The smallest absolute Gasteiger partial charge is 0.257 e. The Morgan fingerprint density at radius 3 is 2.32 bits per heavy atom. The number of hydrogen-bond donors (Lipinski definition) is 2. The minimum atomic E-state index is -1.25. The maximum Gasteiger partial charge on any atom is 0.257 e. The van der Waals surface area contributed by atoms with Gasteiger partial charge >= 0.3 is 0 Å². The summed E-state index contributed by atoms with van der Waals surface area (Å²) in [5.41, 5.74) is 4.53. The molecule has 1 amide bonds. The quantitative estimate of drug-likeness (QED) is 0.818. The van der Waals surface area contributed by atoms with Gasteiger partial charge in [-0.3, -0.25) is 4.79 Å². The number of benzene rings is 1. The summed E-state index contributed by atoms with van der Waals surface area (Å²) in [6.45, 7) is 1.76. The van der Waals surface area contributed by atoms with Gasteiger partial charge in [-0.05, 0) is 6.42 Å². The van der Waals surface area contributed by atoms with Gasteiger partial charge in [0.15, 0.2) is 0 Å². The lowest BCUT2D eigenvalue weighted by atomic mass is 10.1. The number of carbonyl (C=O) groups excluding carboxylic acids is 1. The predicted octanol–water partition coefficient (Wildman–Crippen LogP) is 2.29. The zero-order chi connectivity index (χ0) is 14.6. The second-order valence-corrected chi connectivity index (χ2v) is 4.52. The minimum absolute atomic E-state index is 0.187. The molecule has 7 heteroatoms. The van der Waals surface area contributed by atoms with Crippen LogP contribution in [0, 0.1) is 17.5 Å². The van der Waals surface area contributed by atoms with Crippen molar-refractivity contribution in [2.24, 2.45) is 5.73 Å². The molecule has 0 aliphatic heterocycles. The Balaban J connectivity index is 2.92. The highest BCUT2D eigenvalue weighted by atomic mass is 32.1. The predicted molar refractivity (Wildman–Crippen MR) is 69.3 cm³/mol. The Morgan fingerprint density at radius 1 is 1.37 bits per heavy atom. The Hall–Kier alpha value is -1.63. The second kappa shape index (κ2) is 6.51. The summed E-state index contributed by atoms with van der Waals surface area (Å²) >= 11 is 4.71. The van der Waals surface area contributed by atoms with Gasteiger partial charge in [-0.2, -0.15) is 0 Å². The number of thiocarbonyl (C=S) groups is 1. The normalized spacial score (nSPS) is 12.0. The lowest BCUT2D eigenvalue weighted by Gasteiger charge is -2.16. The molecule has 1 rings (SSSR count). The molecule has 0 radical (unpaired) electrons. The molecule has 0 fully saturated rings. The van der Waals surface area contributed by atoms with Crippen LogP contribution in [-0.4, -0.2) is 16.9 Å². The van der Waals surface area contributed by atoms with E-state index in [2.05, 4.69) is 5.32 Å². The van der Waals surface area contributed by atoms with Crippen molar-refractivity contribution >= 4 is 23.1 Å². The molecule has 19 heavy (non-hydrogen) atoms. The van der Waals surface area contributed by atoms with E-state index >= 15 is 0 Å². The number of rotatable bonds is 5. The van der Waals surface area contributed by atoms with Crippen molar-refractivity contribution < 1.29 is 18.0 Å². The van der Waals surface area contributed by atoms with Gasteiger partial charge in [-0.1, -0.05) is 19.1 Å². The summed E-state index contributed by atoms with van der Waals surface area (Å²) in [7, 11) is 0. The van der Waals surface area contributed by atoms with Crippen LogP contribution < -0.4 is 11.1 Å². The van der Waals surface area contributed by atoms with E-state index in [1.54, 1.807) is 6.92 Å². The monoisotopic (exact) mass is 290 g/mol. The van der Waals surface area contributed by atoms with Crippen LogP contribution in [0.5, 0.6) is 0 Å². The van der Waals surface area contributed by atoms with E-state index in [1.165, 1.54) is 0 Å². The molecule has 3 N–H and O–H groups in total. The van der Waals surface area contributed by atoms with Gasteiger partial charge in [0.2, 0.25) is 0 Å². The van der Waals surface area contributed by atoms with E-state index < -0.39 is 35.0 Å². The lowest BCUT2D eigenvalue weighted by Crippen LogP contribution is -2.37. The van der Waals surface area contributed by atoms with Crippen molar-refractivity contribution in [2.45, 2.75) is 25.8 Å². The average molecular weight is 290 g/mol. The van der Waals surface area contributed by atoms with Gasteiger partial charge in [0.25, 0.3) is 5.91 Å². The number of amides is 1. The van der Waals surface area contributed by atoms with Crippen molar-refractivity contribution in [1.29, 1.82) is 0 Å². The van der Waals surface area contributed by atoms with Gasteiger partial charge in [-0.15, -0.1) is 0 Å². The summed E-state index contributed by atoms with van der Waals surface area (Å²) in [5, 5.41) is 2.41. The van der Waals surface area contributed by atoms with E-state index in [9.17, 15) is 18.0 Å². The van der Waals surface area contributed by atoms with Crippen molar-refractivity contribution in [3.05, 3.63) is 35.1 Å². The van der Waals surface area contributed by atoms with Gasteiger partial charge in [0.1, 0.15) is 23.0 Å². The summed E-state index contributed by atoms with van der Waals surface area (Å²) in [6.07, 6.45) is 0.718. The van der Waals surface area contributed by atoms with Crippen LogP contribution in [-0.2, 0) is 0 Å². The largest absolute Gasteiger partial charge is 0.393 e. The third-order valence-corrected chi connectivity index (χ3v) is 2.68. The molecule has 0 aromatic heterocycles. The second-order valence-electron chi connectivity index (χ2n) is 3.99. The molecule has 3 nitrogen and oxygen atoms in total. The minimum Gasteiger partial charge on any atom is -0.393 e. The SMILES string of the molecule is CCC(CC(N)=S)NC(=O)c1c(F)cc(F)cc1F. The zero-order valence-electron chi connectivity index (χ0n) is 10.2. The summed E-state index contributed by atoms with van der Waals surface area (Å²) < 4.78 is 39.5. The Kier molecular flexibility index (Phi) is 5.29. The molecule has 1 unspecified atom stereocenters. The van der Waals surface area contributed by atoms with E-state index in [-0.39, 0.29) is 11.4 Å². The van der Waals surface area contributed by atoms with Crippen LogP contribution in [0.2, 0.25) is 0 Å². The number of nitrogens with two attached hydrogens (primary N) is 1. The van der Waals surface area contributed by atoms with Crippen molar-refractivity contribution in [3.8, 4) is 0 Å². The molecule has 0 aliphatic rings. The fourth-order valence-electron chi connectivity index (χ4n) is 1.56. The van der Waals surface area contributed by atoms with E-state index in [0.29, 0.717) is 18.6 Å². The molecule has 0 saturated heterocycles. The van der Waals surface area contributed by atoms with Crippen LogP contribution in [0.3, 0.4) is 0 Å². The van der Waals surface area contributed by atoms with Gasteiger partial charge in [0.05, 0.1) is 4.99 Å². The van der Waals surface area contributed by atoms with Crippen LogP contribution in [0.15, 0.2) is 12.1 Å². The summed E-state index contributed by atoms with van der Waals surface area (Å²) in [4.78, 5) is 11.9. The van der Waals surface area contributed by atoms with Crippen molar-refractivity contribution in [2.75, 3.05) is 0 Å². The maximum absolute atomic E-state index is 13.4. The lowest BCUT2D eigenvalue weighted by molar-refractivity contribution is 0.0928. The first kappa shape index (κ1) is 15.4. The molecule has 1 aromatic rings. The fourth-order valence-corrected chi connectivity index (χ4v) is 1.76. The fraction of sp³-hybridized carbons (Fsp3) is 0.333. The van der Waals surface area contributed by atoms with Crippen molar-refractivity contribution in [3.63, 3.8) is 0 Å². The molecule has 104 valence electrons. The van der Waals surface area contributed by atoms with E-state index in [4.69, 9.17) is 18.0 Å². The molecule has 0 heterocycles. The zero-order valence-corrected chi connectivity index (χ0v) is 11.0. The summed E-state index contributed by atoms with van der Waals surface area (Å²) in [5.74, 6) is -4.54. The highest BCUT2D eigenvalue weighted by molar-refractivity contribution is 7.80. The molecule has 1 atom stereocenters. The molecular weight excluding hydrogens is 277 g/mol. The Bertz CT molecular complexity index is 485. The van der Waals surface area contributed by atoms with Crippen LogP contribution in [0.4, 0.5) is 13.2 Å². The van der Waals surface area contributed by atoms with E-state index in [0.717, 1.165) is 0 Å². The number of hydrogen-bond acceptors (Lipinski definition) is 2. The standard InChI is InChI=1S/C12H13F3N2OS/c1-2-7(5-10(16)19)17-12(18)11-8(14)3-6(13)4-9(11)15/h3-4,7H,2,5H2,1H3,(H2,16,19)(H,17,18). The number of nitrogens with one attached hydrogen (secondary N) is 1. The third kappa shape index (κ3) is 4.20. The van der Waals surface area contributed by atoms with Crippen LogP contribution >= 0.6 is 12.2 Å². The molecule has 1 aromatic carbocycles.